The van der Waals surface area contributed by atoms with Crippen LogP contribution in [0.25, 0.3) is 0 Å². The first kappa shape index (κ1) is 20.5. The fourth-order valence-electron chi connectivity index (χ4n) is 2.68. The van der Waals surface area contributed by atoms with E-state index >= 15 is 0 Å². The molecular weight excluding hydrogens is 400 g/mol. The molecule has 0 spiro atoms. The summed E-state index contributed by atoms with van der Waals surface area (Å²) in [6.45, 7) is 0. The number of amides is 1. The maximum atomic E-state index is 12.6. The van der Waals surface area contributed by atoms with E-state index in [1.807, 2.05) is 0 Å². The maximum absolute atomic E-state index is 12.6. The lowest BCUT2D eigenvalue weighted by atomic mass is 10.1. The molecule has 1 fully saturated rings. The third-order valence-corrected chi connectivity index (χ3v) is 5.42. The van der Waals surface area contributed by atoms with Crippen molar-refractivity contribution in [2.45, 2.75) is 29.9 Å². The van der Waals surface area contributed by atoms with E-state index in [1.165, 1.54) is 0 Å². The van der Waals surface area contributed by atoms with E-state index in [4.69, 9.17) is 4.74 Å². The topological polar surface area (TPSA) is 133 Å². The largest absolute Gasteiger partial charge is 0.444 e. The van der Waals surface area contributed by atoms with Gasteiger partial charge in [-0.3, -0.25) is 14.9 Å². The van der Waals surface area contributed by atoms with Crippen molar-refractivity contribution < 1.29 is 27.7 Å². The summed E-state index contributed by atoms with van der Waals surface area (Å²) in [6, 6.07) is 11.3. The number of rotatable bonds is 7. The molecule has 0 saturated heterocycles. The summed E-state index contributed by atoms with van der Waals surface area (Å²) in [6.07, 6.45) is 1.29. The number of hydrogen-bond acceptors (Lipinski definition) is 7. The highest BCUT2D eigenvalue weighted by molar-refractivity contribution is 7.90. The molecule has 0 radical (unpaired) electrons. The van der Waals surface area contributed by atoms with E-state index < -0.39 is 43.3 Å². The molecule has 0 bridgehead atoms. The van der Waals surface area contributed by atoms with Gasteiger partial charge in [-0.2, -0.15) is 0 Å². The number of ether oxygens (including phenoxy) is 1. The molecule has 1 aliphatic carbocycles. The van der Waals surface area contributed by atoms with E-state index in [2.05, 4.69) is 5.32 Å². The molecule has 1 amide bonds. The molecule has 152 valence electrons. The monoisotopic (exact) mass is 418 g/mol. The van der Waals surface area contributed by atoms with Crippen molar-refractivity contribution in [2.75, 3.05) is 6.26 Å². The van der Waals surface area contributed by atoms with Crippen LogP contribution < -0.4 is 5.32 Å². The van der Waals surface area contributed by atoms with Gasteiger partial charge >= 0.3 is 5.97 Å². The van der Waals surface area contributed by atoms with Crippen LogP contribution in [0.4, 0.5) is 5.69 Å². The normalized spacial score (nSPS) is 14.7. The Morgan fingerprint density at radius 2 is 1.83 bits per heavy atom. The Kier molecular flexibility index (Phi) is 5.64. The zero-order valence-corrected chi connectivity index (χ0v) is 16.2. The zero-order chi connectivity index (χ0) is 21.2. The van der Waals surface area contributed by atoms with Crippen molar-refractivity contribution >= 4 is 27.4 Å². The van der Waals surface area contributed by atoms with Crippen LogP contribution in [0.1, 0.15) is 34.9 Å². The molecule has 3 rings (SSSR count). The SMILES string of the molecule is CS(=O)(=O)c1ccc(C(=O)OC(C(=O)NC2CC2)c2ccccc2)cc1[N+](=O)[O-]. The molecule has 9 nitrogen and oxygen atoms in total. The first-order valence-electron chi connectivity index (χ1n) is 8.71. The molecule has 2 aromatic carbocycles. The Bertz CT molecular complexity index is 1060. The number of carbonyl (C=O) groups excluding carboxylic acids is 2. The van der Waals surface area contributed by atoms with Crippen LogP contribution in [0.3, 0.4) is 0 Å². The number of nitro groups is 1. The Hall–Kier alpha value is -3.27. The van der Waals surface area contributed by atoms with Gasteiger partial charge in [0.25, 0.3) is 11.6 Å². The van der Waals surface area contributed by atoms with Gasteiger partial charge in [-0.05, 0) is 25.0 Å². The van der Waals surface area contributed by atoms with Crippen LogP contribution in [0.15, 0.2) is 53.4 Å². The maximum Gasteiger partial charge on any atom is 0.339 e. The summed E-state index contributed by atoms with van der Waals surface area (Å²) in [7, 11) is -3.86. The van der Waals surface area contributed by atoms with Crippen LogP contribution in [-0.4, -0.2) is 37.5 Å². The highest BCUT2D eigenvalue weighted by atomic mass is 32.2. The first-order chi connectivity index (χ1) is 13.7. The van der Waals surface area contributed by atoms with Crippen molar-refractivity contribution in [3.8, 4) is 0 Å². The Morgan fingerprint density at radius 3 is 2.38 bits per heavy atom. The molecule has 0 aliphatic heterocycles. The van der Waals surface area contributed by atoms with Crippen molar-refractivity contribution in [3.05, 3.63) is 69.8 Å². The Labute approximate surface area is 166 Å². The van der Waals surface area contributed by atoms with Gasteiger partial charge in [-0.25, -0.2) is 13.2 Å². The third-order valence-electron chi connectivity index (χ3n) is 4.28. The fourth-order valence-corrected chi connectivity index (χ4v) is 3.51. The Balaban J connectivity index is 1.90. The Morgan fingerprint density at radius 1 is 1.17 bits per heavy atom. The molecule has 1 aliphatic rings. The summed E-state index contributed by atoms with van der Waals surface area (Å²) < 4.78 is 28.8. The van der Waals surface area contributed by atoms with Crippen LogP contribution >= 0.6 is 0 Å². The van der Waals surface area contributed by atoms with Gasteiger partial charge in [0.05, 0.1) is 10.5 Å². The molecule has 29 heavy (non-hydrogen) atoms. The van der Waals surface area contributed by atoms with Crippen molar-refractivity contribution in [3.63, 3.8) is 0 Å². The molecule has 1 N–H and O–H groups in total. The van der Waals surface area contributed by atoms with Gasteiger partial charge in [0, 0.05) is 23.9 Å². The van der Waals surface area contributed by atoms with Crippen LogP contribution in [-0.2, 0) is 19.4 Å². The minimum absolute atomic E-state index is 0.0440. The smallest absolute Gasteiger partial charge is 0.339 e. The second-order valence-corrected chi connectivity index (χ2v) is 8.67. The van der Waals surface area contributed by atoms with E-state index in [0.717, 1.165) is 37.3 Å². The van der Waals surface area contributed by atoms with E-state index in [0.29, 0.717) is 5.56 Å². The number of carbonyl (C=O) groups is 2. The number of nitrogens with one attached hydrogen (secondary N) is 1. The van der Waals surface area contributed by atoms with Crippen molar-refractivity contribution in [1.82, 2.24) is 5.32 Å². The van der Waals surface area contributed by atoms with Crippen molar-refractivity contribution in [1.29, 1.82) is 0 Å². The molecule has 1 unspecified atom stereocenters. The molecule has 2 aromatic rings. The molecule has 0 aromatic heterocycles. The van der Waals surface area contributed by atoms with Gasteiger partial charge in [-0.1, -0.05) is 30.3 Å². The van der Waals surface area contributed by atoms with Gasteiger partial charge in [0.2, 0.25) is 6.10 Å². The van der Waals surface area contributed by atoms with Crippen LogP contribution in [0, 0.1) is 10.1 Å². The molecule has 0 heterocycles. The van der Waals surface area contributed by atoms with Gasteiger partial charge < -0.3 is 10.1 Å². The summed E-state index contributed by atoms with van der Waals surface area (Å²) in [5.41, 5.74) is -0.522. The zero-order valence-electron chi connectivity index (χ0n) is 15.4. The van der Waals surface area contributed by atoms with E-state index in [1.54, 1.807) is 30.3 Å². The minimum Gasteiger partial charge on any atom is -0.444 e. The number of sulfone groups is 1. The molecule has 10 heteroatoms. The van der Waals surface area contributed by atoms with Gasteiger partial charge in [-0.15, -0.1) is 0 Å². The van der Waals surface area contributed by atoms with Gasteiger partial charge in [0.15, 0.2) is 9.84 Å². The predicted octanol–water partition coefficient (Wildman–Crippen LogP) is 2.17. The highest BCUT2D eigenvalue weighted by Crippen LogP contribution is 2.27. The summed E-state index contributed by atoms with van der Waals surface area (Å²) in [5, 5.41) is 14.0. The quantitative estimate of drug-likeness (QED) is 0.414. The number of nitro benzene ring substituents is 1. The lowest BCUT2D eigenvalue weighted by molar-refractivity contribution is -0.387. The number of nitrogens with zero attached hydrogens (tertiary/aromatic N) is 1. The second kappa shape index (κ2) is 8.00. The number of benzene rings is 2. The summed E-state index contributed by atoms with van der Waals surface area (Å²) >= 11 is 0. The van der Waals surface area contributed by atoms with E-state index in [-0.39, 0.29) is 11.6 Å². The molecule has 1 atom stereocenters. The predicted molar refractivity (Wildman–Crippen MR) is 102 cm³/mol. The average molecular weight is 418 g/mol. The third kappa shape index (κ3) is 4.96. The minimum atomic E-state index is -3.86. The van der Waals surface area contributed by atoms with Crippen LogP contribution in [0.2, 0.25) is 0 Å². The van der Waals surface area contributed by atoms with E-state index in [9.17, 15) is 28.1 Å². The summed E-state index contributed by atoms with van der Waals surface area (Å²) in [5.74, 6) is -1.47. The molecular formula is C19H18N2O7S. The number of hydrogen-bond donors (Lipinski definition) is 1. The van der Waals surface area contributed by atoms with Crippen molar-refractivity contribution in [2.24, 2.45) is 0 Å². The van der Waals surface area contributed by atoms with Gasteiger partial charge in [0.1, 0.15) is 4.90 Å². The molecule has 1 saturated carbocycles. The highest BCUT2D eigenvalue weighted by Gasteiger charge is 2.32. The standard InChI is InChI=1S/C19H18N2O7S/c1-29(26,27)16-10-7-13(11-15(16)21(24)25)19(23)28-17(12-5-3-2-4-6-12)18(22)20-14-8-9-14/h2-7,10-11,14,17H,8-9H2,1H3,(H,20,22). The fraction of sp³-hybridized carbons (Fsp3) is 0.263. The lowest BCUT2D eigenvalue weighted by Crippen LogP contribution is -2.33. The first-order valence-corrected chi connectivity index (χ1v) is 10.6. The second-order valence-electron chi connectivity index (χ2n) is 6.69. The summed E-state index contributed by atoms with van der Waals surface area (Å²) in [4.78, 5) is 35.0. The van der Waals surface area contributed by atoms with Crippen LogP contribution in [0.5, 0.6) is 0 Å². The number of esters is 1. The lowest BCUT2D eigenvalue weighted by Gasteiger charge is -2.18. The average Bonchev–Trinajstić information content (AvgIpc) is 3.49.